The van der Waals surface area contributed by atoms with Gasteiger partial charge in [0.2, 0.25) is 0 Å². The number of alkyl halides is 3. The van der Waals surface area contributed by atoms with E-state index in [1.54, 1.807) is 0 Å². The summed E-state index contributed by atoms with van der Waals surface area (Å²) in [6, 6.07) is 1.45. The molecule has 1 fully saturated rings. The van der Waals surface area contributed by atoms with E-state index in [-0.39, 0.29) is 12.6 Å². The van der Waals surface area contributed by atoms with Gasteiger partial charge < -0.3 is 5.32 Å². The van der Waals surface area contributed by atoms with E-state index in [0.29, 0.717) is 5.25 Å². The molecule has 98 valence electrons. The van der Waals surface area contributed by atoms with Crippen LogP contribution in [-0.2, 0) is 0 Å². The molecule has 1 unspecified atom stereocenters. The summed E-state index contributed by atoms with van der Waals surface area (Å²) in [6.45, 7) is -0.283. The number of hydrogen-bond donors (Lipinski definition) is 1. The lowest BCUT2D eigenvalue weighted by Crippen LogP contribution is -2.40. The highest BCUT2D eigenvalue weighted by Gasteiger charge is 2.40. The quantitative estimate of drug-likeness (QED) is 0.849. The largest absolute Gasteiger partial charge is 0.405 e. The molecule has 1 aliphatic carbocycles. The van der Waals surface area contributed by atoms with Gasteiger partial charge in [-0.25, -0.2) is 0 Å². The fourth-order valence-electron chi connectivity index (χ4n) is 2.02. The number of rotatable bonds is 4. The Morgan fingerprint density at radius 1 is 1.35 bits per heavy atom. The van der Waals surface area contributed by atoms with Crippen LogP contribution >= 0.6 is 11.8 Å². The highest BCUT2D eigenvalue weighted by molar-refractivity contribution is 7.99. The predicted octanol–water partition coefficient (Wildman–Crippen LogP) is 2.95. The van der Waals surface area contributed by atoms with Crippen molar-refractivity contribution in [1.82, 2.24) is 5.32 Å². The number of hydrogen-bond acceptors (Lipinski definition) is 3. The molecule has 0 aromatic carbocycles. The van der Waals surface area contributed by atoms with Crippen molar-refractivity contribution in [3.05, 3.63) is 0 Å². The van der Waals surface area contributed by atoms with Crippen molar-refractivity contribution in [3.8, 4) is 6.07 Å². The van der Waals surface area contributed by atoms with Crippen LogP contribution in [0.5, 0.6) is 0 Å². The first-order chi connectivity index (χ1) is 7.97. The molecule has 1 saturated carbocycles. The van der Waals surface area contributed by atoms with E-state index in [0.717, 1.165) is 25.7 Å². The van der Waals surface area contributed by atoms with Crippen LogP contribution in [0.25, 0.3) is 0 Å². The minimum Gasteiger partial charge on any atom is -0.312 e. The standard InChI is InChI=1S/C11H17F3N2S/c1-17-10-4-2-9(3-5-10)16-7-8(6-15)11(12,13)14/h8-10,16H,2-5,7H2,1H3. The maximum Gasteiger partial charge on any atom is 0.405 e. The molecule has 1 aliphatic rings. The Labute approximate surface area is 104 Å². The van der Waals surface area contributed by atoms with Crippen molar-refractivity contribution in [2.24, 2.45) is 5.92 Å². The Hall–Kier alpha value is -0.410. The summed E-state index contributed by atoms with van der Waals surface area (Å²) in [5, 5.41) is 12.0. The number of nitrogens with one attached hydrogen (secondary N) is 1. The Balaban J connectivity index is 2.30. The monoisotopic (exact) mass is 266 g/mol. The van der Waals surface area contributed by atoms with E-state index >= 15 is 0 Å². The zero-order valence-electron chi connectivity index (χ0n) is 9.76. The van der Waals surface area contributed by atoms with Gasteiger partial charge in [-0.3, -0.25) is 0 Å². The van der Waals surface area contributed by atoms with Crippen LogP contribution in [0, 0.1) is 17.2 Å². The third-order valence-corrected chi connectivity index (χ3v) is 4.31. The van der Waals surface area contributed by atoms with Gasteiger partial charge in [0.1, 0.15) is 0 Å². The van der Waals surface area contributed by atoms with Crippen molar-refractivity contribution < 1.29 is 13.2 Å². The van der Waals surface area contributed by atoms with Crippen molar-refractivity contribution in [1.29, 1.82) is 5.26 Å². The molecule has 0 aromatic heterocycles. The molecule has 17 heavy (non-hydrogen) atoms. The van der Waals surface area contributed by atoms with Crippen LogP contribution in [0.4, 0.5) is 13.2 Å². The van der Waals surface area contributed by atoms with E-state index in [9.17, 15) is 13.2 Å². The maximum atomic E-state index is 12.3. The van der Waals surface area contributed by atoms with Crippen LogP contribution < -0.4 is 5.32 Å². The first-order valence-electron chi connectivity index (χ1n) is 5.70. The van der Waals surface area contributed by atoms with Gasteiger partial charge in [0.15, 0.2) is 5.92 Å². The third-order valence-electron chi connectivity index (χ3n) is 3.17. The molecule has 6 heteroatoms. The normalized spacial score (nSPS) is 27.5. The molecule has 0 saturated heterocycles. The van der Waals surface area contributed by atoms with Gasteiger partial charge in [0.25, 0.3) is 0 Å². The molecule has 0 aliphatic heterocycles. The van der Waals surface area contributed by atoms with Gasteiger partial charge in [0, 0.05) is 17.8 Å². The summed E-state index contributed by atoms with van der Waals surface area (Å²) >= 11 is 1.82. The predicted molar refractivity (Wildman–Crippen MR) is 62.7 cm³/mol. The number of halogens is 3. The van der Waals surface area contributed by atoms with Gasteiger partial charge in [-0.2, -0.15) is 30.2 Å². The van der Waals surface area contributed by atoms with Crippen LogP contribution in [0.2, 0.25) is 0 Å². The van der Waals surface area contributed by atoms with Crippen LogP contribution in [0.1, 0.15) is 25.7 Å². The average molecular weight is 266 g/mol. The summed E-state index contributed by atoms with van der Waals surface area (Å²) in [6.07, 6.45) is 1.54. The molecule has 1 rings (SSSR count). The van der Waals surface area contributed by atoms with Gasteiger partial charge in [-0.1, -0.05) is 0 Å². The summed E-state index contributed by atoms with van der Waals surface area (Å²) in [4.78, 5) is 0. The van der Waals surface area contributed by atoms with E-state index < -0.39 is 12.1 Å². The Kier molecular flexibility index (Phi) is 5.60. The Bertz CT molecular complexity index is 267. The molecule has 1 N–H and O–H groups in total. The average Bonchev–Trinajstić information content (AvgIpc) is 2.29. The second kappa shape index (κ2) is 6.50. The lowest BCUT2D eigenvalue weighted by molar-refractivity contribution is -0.158. The lowest BCUT2D eigenvalue weighted by atomic mass is 9.94. The van der Waals surface area contributed by atoms with E-state index in [2.05, 4.69) is 11.6 Å². The molecule has 0 aromatic rings. The van der Waals surface area contributed by atoms with Crippen LogP contribution in [0.3, 0.4) is 0 Å². The highest BCUT2D eigenvalue weighted by Crippen LogP contribution is 2.28. The second-order valence-corrected chi connectivity index (χ2v) is 5.48. The zero-order chi connectivity index (χ0) is 12.9. The number of nitrogens with zero attached hydrogens (tertiary/aromatic N) is 1. The summed E-state index contributed by atoms with van der Waals surface area (Å²) < 4.78 is 37.0. The molecule has 0 heterocycles. The molecule has 2 nitrogen and oxygen atoms in total. The van der Waals surface area contributed by atoms with E-state index in [1.165, 1.54) is 6.07 Å². The SMILES string of the molecule is CSC1CCC(NCC(C#N)C(F)(F)F)CC1. The number of thioether (sulfide) groups is 1. The Morgan fingerprint density at radius 3 is 2.35 bits per heavy atom. The van der Waals surface area contributed by atoms with Gasteiger partial charge >= 0.3 is 6.18 Å². The first kappa shape index (κ1) is 14.7. The summed E-state index contributed by atoms with van der Waals surface area (Å²) in [5.74, 6) is -1.89. The molecule has 0 radical (unpaired) electrons. The second-order valence-electron chi connectivity index (χ2n) is 4.34. The van der Waals surface area contributed by atoms with Crippen molar-refractivity contribution >= 4 is 11.8 Å². The van der Waals surface area contributed by atoms with Gasteiger partial charge in [-0.15, -0.1) is 0 Å². The fraction of sp³-hybridized carbons (Fsp3) is 0.909. The van der Waals surface area contributed by atoms with Crippen molar-refractivity contribution in [2.45, 2.75) is 43.2 Å². The molecule has 0 spiro atoms. The minimum absolute atomic E-state index is 0.136. The molecular formula is C11H17F3N2S. The summed E-state index contributed by atoms with van der Waals surface area (Å²) in [7, 11) is 0. The lowest BCUT2D eigenvalue weighted by Gasteiger charge is -2.29. The van der Waals surface area contributed by atoms with E-state index in [4.69, 9.17) is 5.26 Å². The van der Waals surface area contributed by atoms with Gasteiger partial charge in [0.05, 0.1) is 6.07 Å². The molecule has 0 amide bonds. The summed E-state index contributed by atoms with van der Waals surface area (Å²) in [5.41, 5.74) is 0. The Morgan fingerprint density at radius 2 is 1.94 bits per heavy atom. The van der Waals surface area contributed by atoms with Crippen LogP contribution in [-0.4, -0.2) is 30.3 Å². The van der Waals surface area contributed by atoms with Crippen molar-refractivity contribution in [3.63, 3.8) is 0 Å². The van der Waals surface area contributed by atoms with Crippen LogP contribution in [0.15, 0.2) is 0 Å². The van der Waals surface area contributed by atoms with Gasteiger partial charge in [-0.05, 0) is 31.9 Å². The first-order valence-corrected chi connectivity index (χ1v) is 6.98. The third kappa shape index (κ3) is 4.76. The van der Waals surface area contributed by atoms with E-state index in [1.807, 2.05) is 11.8 Å². The zero-order valence-corrected chi connectivity index (χ0v) is 10.6. The van der Waals surface area contributed by atoms with Crippen molar-refractivity contribution in [2.75, 3.05) is 12.8 Å². The molecular weight excluding hydrogens is 249 g/mol. The fourth-order valence-corrected chi connectivity index (χ4v) is 2.77. The topological polar surface area (TPSA) is 35.8 Å². The maximum absolute atomic E-state index is 12.3. The smallest absolute Gasteiger partial charge is 0.312 e. The molecule has 0 bridgehead atoms. The number of nitriles is 1. The minimum atomic E-state index is -4.42. The highest BCUT2D eigenvalue weighted by atomic mass is 32.2. The molecule has 1 atom stereocenters.